The van der Waals surface area contributed by atoms with Crippen LogP contribution in [0.3, 0.4) is 0 Å². The fraction of sp³-hybridized carbons (Fsp3) is 0.462. The molecule has 1 unspecified atom stereocenters. The molecule has 0 saturated carbocycles. The molecule has 0 spiro atoms. The van der Waals surface area contributed by atoms with Gasteiger partial charge in [-0.15, -0.1) is 0 Å². The Morgan fingerprint density at radius 1 is 1.45 bits per heavy atom. The lowest BCUT2D eigenvalue weighted by molar-refractivity contribution is 0.0695. The number of ether oxygens (including phenoxy) is 1. The summed E-state index contributed by atoms with van der Waals surface area (Å²) in [6.45, 7) is 2.20. The topological polar surface area (TPSA) is 83.9 Å². The highest BCUT2D eigenvalue weighted by atomic mass is 32.2. The van der Waals surface area contributed by atoms with Crippen LogP contribution in [0.25, 0.3) is 0 Å². The summed E-state index contributed by atoms with van der Waals surface area (Å²) in [5, 5.41) is 9.07. The third-order valence-corrected chi connectivity index (χ3v) is 5.58. The zero-order chi connectivity index (χ0) is 14.9. The smallest absolute Gasteiger partial charge is 0.335 e. The summed E-state index contributed by atoms with van der Waals surface area (Å²) in [4.78, 5) is 11.1. The van der Waals surface area contributed by atoms with Crippen LogP contribution in [0.5, 0.6) is 0 Å². The average Bonchev–Trinajstić information content (AvgIpc) is 2.87. The number of hydrogen-bond acceptors (Lipinski definition) is 4. The van der Waals surface area contributed by atoms with Crippen LogP contribution in [0.2, 0.25) is 0 Å². The van der Waals surface area contributed by atoms with Crippen LogP contribution >= 0.6 is 0 Å². The monoisotopic (exact) mass is 299 g/mol. The molecule has 1 aromatic carbocycles. The Hall–Kier alpha value is -1.44. The summed E-state index contributed by atoms with van der Waals surface area (Å²) in [5.41, 5.74) is 0.273. The number of carboxylic acids is 1. The van der Waals surface area contributed by atoms with Gasteiger partial charge >= 0.3 is 5.97 Å². The van der Waals surface area contributed by atoms with Gasteiger partial charge in [0.25, 0.3) is 0 Å². The van der Waals surface area contributed by atoms with E-state index in [1.54, 1.807) is 7.11 Å². The van der Waals surface area contributed by atoms with Crippen LogP contribution in [0.4, 0.5) is 0 Å². The third-order valence-electron chi connectivity index (χ3n) is 3.57. The number of aromatic carboxylic acids is 1. The summed E-state index contributed by atoms with van der Waals surface area (Å²) in [6, 6.07) is 4.29. The van der Waals surface area contributed by atoms with Crippen LogP contribution in [-0.4, -0.2) is 50.1 Å². The molecule has 6 nitrogen and oxygen atoms in total. The van der Waals surface area contributed by atoms with E-state index < -0.39 is 16.0 Å². The Bertz CT molecular complexity index is 626. The zero-order valence-electron chi connectivity index (χ0n) is 11.4. The van der Waals surface area contributed by atoms with Gasteiger partial charge in [0.2, 0.25) is 10.0 Å². The minimum atomic E-state index is -3.68. The van der Waals surface area contributed by atoms with E-state index in [4.69, 9.17) is 9.84 Å². The molecule has 0 radical (unpaired) electrons. The summed E-state index contributed by atoms with van der Waals surface area (Å²) >= 11 is 0. The summed E-state index contributed by atoms with van der Waals surface area (Å²) in [7, 11) is -2.13. The molecular formula is C13H17NO5S. The normalized spacial score (nSPS) is 20.2. The Balaban J connectivity index is 2.41. The lowest BCUT2D eigenvalue weighted by Crippen LogP contribution is -2.30. The lowest BCUT2D eigenvalue weighted by Gasteiger charge is -2.18. The van der Waals surface area contributed by atoms with Crippen molar-refractivity contribution in [2.45, 2.75) is 24.3 Å². The van der Waals surface area contributed by atoms with Gasteiger partial charge in [0.05, 0.1) is 16.6 Å². The first kappa shape index (κ1) is 15.0. The molecule has 7 heteroatoms. The molecule has 1 fully saturated rings. The molecular weight excluding hydrogens is 282 g/mol. The Kier molecular flexibility index (Phi) is 4.12. The van der Waals surface area contributed by atoms with Crippen molar-refractivity contribution < 1.29 is 23.1 Å². The first-order valence-electron chi connectivity index (χ1n) is 6.23. The number of sulfonamides is 1. The van der Waals surface area contributed by atoms with Crippen molar-refractivity contribution in [2.75, 3.05) is 20.2 Å². The quantitative estimate of drug-likeness (QED) is 0.900. The molecule has 0 aliphatic carbocycles. The van der Waals surface area contributed by atoms with E-state index >= 15 is 0 Å². The van der Waals surface area contributed by atoms with Gasteiger partial charge in [0.1, 0.15) is 0 Å². The summed E-state index contributed by atoms with van der Waals surface area (Å²) < 4.78 is 31.6. The summed E-state index contributed by atoms with van der Waals surface area (Å²) in [6.07, 6.45) is 0.542. The number of rotatable bonds is 4. The van der Waals surface area contributed by atoms with Gasteiger partial charge in [-0.3, -0.25) is 0 Å². The van der Waals surface area contributed by atoms with E-state index in [0.29, 0.717) is 19.5 Å². The largest absolute Gasteiger partial charge is 0.478 e. The first-order chi connectivity index (χ1) is 9.37. The summed E-state index contributed by atoms with van der Waals surface area (Å²) in [5.74, 6) is -1.13. The zero-order valence-corrected chi connectivity index (χ0v) is 12.2. The second kappa shape index (κ2) is 5.51. The van der Waals surface area contributed by atoms with Gasteiger partial charge in [0, 0.05) is 20.2 Å². The van der Waals surface area contributed by atoms with Gasteiger partial charge in [-0.25, -0.2) is 13.2 Å². The van der Waals surface area contributed by atoms with E-state index in [1.807, 2.05) is 0 Å². The fourth-order valence-corrected chi connectivity index (χ4v) is 4.11. The van der Waals surface area contributed by atoms with E-state index in [2.05, 4.69) is 0 Å². The van der Waals surface area contributed by atoms with E-state index in [0.717, 1.165) is 0 Å². The van der Waals surface area contributed by atoms with Crippen molar-refractivity contribution in [3.63, 3.8) is 0 Å². The van der Waals surface area contributed by atoms with E-state index in [9.17, 15) is 13.2 Å². The SMILES string of the molecule is COC1CCN(S(=O)(=O)c2cccc(C(=O)O)c2C)C1. The van der Waals surface area contributed by atoms with Crippen molar-refractivity contribution in [3.8, 4) is 0 Å². The van der Waals surface area contributed by atoms with Crippen LogP contribution < -0.4 is 0 Å². The van der Waals surface area contributed by atoms with Gasteiger partial charge < -0.3 is 9.84 Å². The highest BCUT2D eigenvalue weighted by Gasteiger charge is 2.34. The molecule has 0 bridgehead atoms. The predicted molar refractivity (Wildman–Crippen MR) is 72.3 cm³/mol. The molecule has 20 heavy (non-hydrogen) atoms. The number of nitrogens with zero attached hydrogens (tertiary/aromatic N) is 1. The van der Waals surface area contributed by atoms with E-state index in [-0.39, 0.29) is 22.1 Å². The van der Waals surface area contributed by atoms with Crippen LogP contribution in [0.1, 0.15) is 22.3 Å². The highest BCUT2D eigenvalue weighted by molar-refractivity contribution is 7.89. The van der Waals surface area contributed by atoms with Gasteiger partial charge in [-0.1, -0.05) is 6.07 Å². The molecule has 1 aromatic rings. The second-order valence-corrected chi connectivity index (χ2v) is 6.65. The van der Waals surface area contributed by atoms with Crippen LogP contribution in [-0.2, 0) is 14.8 Å². The maximum atomic E-state index is 12.6. The number of carbonyl (C=O) groups is 1. The number of hydrogen-bond donors (Lipinski definition) is 1. The Morgan fingerprint density at radius 3 is 2.70 bits per heavy atom. The van der Waals surface area contributed by atoms with Crippen molar-refractivity contribution >= 4 is 16.0 Å². The molecule has 2 rings (SSSR count). The van der Waals surface area contributed by atoms with E-state index in [1.165, 1.54) is 29.4 Å². The first-order valence-corrected chi connectivity index (χ1v) is 7.67. The van der Waals surface area contributed by atoms with Crippen molar-refractivity contribution in [1.29, 1.82) is 0 Å². The second-order valence-electron chi connectivity index (χ2n) is 4.74. The molecule has 110 valence electrons. The van der Waals surface area contributed by atoms with Gasteiger partial charge in [-0.05, 0) is 31.0 Å². The maximum Gasteiger partial charge on any atom is 0.335 e. The number of methoxy groups -OCH3 is 1. The molecule has 1 aliphatic rings. The van der Waals surface area contributed by atoms with Crippen LogP contribution in [0, 0.1) is 6.92 Å². The predicted octanol–water partition coefficient (Wildman–Crippen LogP) is 1.10. The number of carboxylic acid groups (broad SMARTS) is 1. The third kappa shape index (κ3) is 2.56. The molecule has 0 amide bonds. The average molecular weight is 299 g/mol. The molecule has 1 N–H and O–H groups in total. The lowest BCUT2D eigenvalue weighted by atomic mass is 10.1. The van der Waals surface area contributed by atoms with Crippen molar-refractivity contribution in [3.05, 3.63) is 29.3 Å². The molecule has 1 heterocycles. The highest BCUT2D eigenvalue weighted by Crippen LogP contribution is 2.26. The standard InChI is InChI=1S/C13H17NO5S/c1-9-11(13(15)16)4-3-5-12(9)20(17,18)14-7-6-10(8-14)19-2/h3-5,10H,6-8H2,1-2H3,(H,15,16). The molecule has 1 atom stereocenters. The molecule has 1 saturated heterocycles. The number of benzene rings is 1. The molecule has 0 aromatic heterocycles. The minimum Gasteiger partial charge on any atom is -0.478 e. The Morgan fingerprint density at radius 2 is 2.15 bits per heavy atom. The maximum absolute atomic E-state index is 12.6. The van der Waals surface area contributed by atoms with Crippen LogP contribution in [0.15, 0.2) is 23.1 Å². The van der Waals surface area contributed by atoms with Gasteiger partial charge in [0.15, 0.2) is 0 Å². The minimum absolute atomic E-state index is 0.00793. The Labute approximate surface area is 118 Å². The van der Waals surface area contributed by atoms with Gasteiger partial charge in [-0.2, -0.15) is 4.31 Å². The van der Waals surface area contributed by atoms with Crippen molar-refractivity contribution in [1.82, 2.24) is 4.31 Å². The fourth-order valence-electron chi connectivity index (χ4n) is 2.37. The van der Waals surface area contributed by atoms with Crippen molar-refractivity contribution in [2.24, 2.45) is 0 Å². The molecule has 1 aliphatic heterocycles.